The Kier molecular flexibility index (Phi) is 7.40. The zero-order chi connectivity index (χ0) is 16.5. The minimum Gasteiger partial charge on any atom is -0.494 e. The third-order valence-corrected chi connectivity index (χ3v) is 4.28. The first-order valence-corrected chi connectivity index (χ1v) is 8.96. The summed E-state index contributed by atoms with van der Waals surface area (Å²) in [5, 5.41) is 3.36. The van der Waals surface area contributed by atoms with Crippen LogP contribution in [0.15, 0.2) is 24.3 Å². The number of amides is 1. The molecule has 1 fully saturated rings. The Labute approximate surface area is 140 Å². The van der Waals surface area contributed by atoms with Gasteiger partial charge in [-0.25, -0.2) is 0 Å². The van der Waals surface area contributed by atoms with Crippen molar-refractivity contribution in [1.82, 2.24) is 10.2 Å². The average molecular weight is 318 g/mol. The first-order valence-electron chi connectivity index (χ1n) is 8.96. The quantitative estimate of drug-likeness (QED) is 0.761. The molecular weight excluding hydrogens is 288 g/mol. The molecule has 1 amide bonds. The SMILES string of the molecule is CCCOc1ccc(CCC(=O)N(CCC)C2CCNC2)cc1. The molecule has 1 aromatic carbocycles. The summed E-state index contributed by atoms with van der Waals surface area (Å²) in [6.07, 6.45) is 4.50. The first kappa shape index (κ1) is 17.8. The minimum absolute atomic E-state index is 0.284. The molecule has 0 saturated carbocycles. The van der Waals surface area contributed by atoms with Crippen molar-refractivity contribution in [2.45, 2.75) is 52.0 Å². The first-order chi connectivity index (χ1) is 11.2. The van der Waals surface area contributed by atoms with Crippen LogP contribution in [0.2, 0.25) is 0 Å². The molecule has 1 N–H and O–H groups in total. The highest BCUT2D eigenvalue weighted by Crippen LogP contribution is 2.16. The molecule has 128 valence electrons. The van der Waals surface area contributed by atoms with Gasteiger partial charge in [0.15, 0.2) is 0 Å². The standard InChI is InChI=1S/C19H30N2O2/c1-3-13-21(17-11-12-20-15-17)19(22)10-7-16-5-8-18(9-6-16)23-14-4-2/h5-6,8-9,17,20H,3-4,7,10-15H2,1-2H3. The molecular formula is C19H30N2O2. The second kappa shape index (κ2) is 9.56. The van der Waals surface area contributed by atoms with Crippen molar-refractivity contribution >= 4 is 5.91 Å². The summed E-state index contributed by atoms with van der Waals surface area (Å²) < 4.78 is 5.59. The van der Waals surface area contributed by atoms with Crippen LogP contribution >= 0.6 is 0 Å². The Morgan fingerprint density at radius 3 is 2.65 bits per heavy atom. The normalized spacial score (nSPS) is 17.2. The Morgan fingerprint density at radius 1 is 1.26 bits per heavy atom. The third-order valence-electron chi connectivity index (χ3n) is 4.28. The van der Waals surface area contributed by atoms with Gasteiger partial charge in [-0.3, -0.25) is 4.79 Å². The highest BCUT2D eigenvalue weighted by Gasteiger charge is 2.25. The number of hydrogen-bond donors (Lipinski definition) is 1. The largest absolute Gasteiger partial charge is 0.494 e. The Bertz CT molecular complexity index is 467. The summed E-state index contributed by atoms with van der Waals surface area (Å²) in [4.78, 5) is 14.7. The fraction of sp³-hybridized carbons (Fsp3) is 0.632. The summed E-state index contributed by atoms with van der Waals surface area (Å²) in [6.45, 7) is 7.82. The summed E-state index contributed by atoms with van der Waals surface area (Å²) in [5.74, 6) is 1.19. The molecule has 1 aromatic rings. The number of nitrogens with one attached hydrogen (secondary N) is 1. The van der Waals surface area contributed by atoms with Gasteiger partial charge in [0.2, 0.25) is 5.91 Å². The fourth-order valence-corrected chi connectivity index (χ4v) is 3.02. The van der Waals surface area contributed by atoms with Crippen LogP contribution in [-0.2, 0) is 11.2 Å². The zero-order valence-corrected chi connectivity index (χ0v) is 14.5. The van der Waals surface area contributed by atoms with Crippen LogP contribution in [0.3, 0.4) is 0 Å². The molecule has 4 nitrogen and oxygen atoms in total. The number of benzene rings is 1. The molecule has 0 aliphatic carbocycles. The Morgan fingerprint density at radius 2 is 2.04 bits per heavy atom. The molecule has 1 aliphatic heterocycles. The maximum absolute atomic E-state index is 12.6. The molecule has 0 aromatic heterocycles. The maximum Gasteiger partial charge on any atom is 0.223 e. The monoisotopic (exact) mass is 318 g/mol. The fourth-order valence-electron chi connectivity index (χ4n) is 3.02. The zero-order valence-electron chi connectivity index (χ0n) is 14.5. The maximum atomic E-state index is 12.6. The van der Waals surface area contributed by atoms with Crippen molar-refractivity contribution in [2.24, 2.45) is 0 Å². The van der Waals surface area contributed by atoms with E-state index < -0.39 is 0 Å². The lowest BCUT2D eigenvalue weighted by atomic mass is 10.1. The van der Waals surface area contributed by atoms with E-state index in [0.29, 0.717) is 12.5 Å². The van der Waals surface area contributed by atoms with Crippen LogP contribution in [0.25, 0.3) is 0 Å². The molecule has 2 rings (SSSR count). The topological polar surface area (TPSA) is 41.6 Å². The van der Waals surface area contributed by atoms with E-state index in [2.05, 4.69) is 36.2 Å². The van der Waals surface area contributed by atoms with Gasteiger partial charge in [-0.1, -0.05) is 26.0 Å². The summed E-state index contributed by atoms with van der Waals surface area (Å²) in [7, 11) is 0. The van der Waals surface area contributed by atoms with E-state index >= 15 is 0 Å². The number of nitrogens with zero attached hydrogens (tertiary/aromatic N) is 1. The molecule has 4 heteroatoms. The van der Waals surface area contributed by atoms with Crippen molar-refractivity contribution < 1.29 is 9.53 Å². The van der Waals surface area contributed by atoms with E-state index in [1.54, 1.807) is 0 Å². The predicted molar refractivity (Wildman–Crippen MR) is 93.8 cm³/mol. The van der Waals surface area contributed by atoms with E-state index in [-0.39, 0.29) is 5.91 Å². The molecule has 1 aliphatic rings. The number of carbonyl (C=O) groups is 1. The van der Waals surface area contributed by atoms with Crippen LogP contribution in [0, 0.1) is 0 Å². The summed E-state index contributed by atoms with van der Waals surface area (Å²) in [6, 6.07) is 8.52. The van der Waals surface area contributed by atoms with E-state index in [1.165, 1.54) is 5.56 Å². The number of rotatable bonds is 9. The second-order valence-corrected chi connectivity index (χ2v) is 6.23. The van der Waals surface area contributed by atoms with E-state index in [9.17, 15) is 4.79 Å². The van der Waals surface area contributed by atoms with E-state index in [1.807, 2.05) is 12.1 Å². The van der Waals surface area contributed by atoms with Crippen LogP contribution in [0.1, 0.15) is 45.1 Å². The van der Waals surface area contributed by atoms with Gasteiger partial charge < -0.3 is 15.0 Å². The van der Waals surface area contributed by atoms with Gasteiger partial charge in [0, 0.05) is 25.6 Å². The van der Waals surface area contributed by atoms with Crippen LogP contribution < -0.4 is 10.1 Å². The molecule has 23 heavy (non-hydrogen) atoms. The van der Waals surface area contributed by atoms with Crippen LogP contribution in [0.4, 0.5) is 0 Å². The van der Waals surface area contributed by atoms with Gasteiger partial charge in [-0.05, 0) is 49.9 Å². The third kappa shape index (κ3) is 5.54. The number of hydrogen-bond acceptors (Lipinski definition) is 3. The van der Waals surface area contributed by atoms with Crippen molar-refractivity contribution in [3.63, 3.8) is 0 Å². The van der Waals surface area contributed by atoms with Gasteiger partial charge in [-0.2, -0.15) is 0 Å². The lowest BCUT2D eigenvalue weighted by molar-refractivity contribution is -0.133. The Hall–Kier alpha value is -1.55. The smallest absolute Gasteiger partial charge is 0.223 e. The highest BCUT2D eigenvalue weighted by molar-refractivity contribution is 5.77. The van der Waals surface area contributed by atoms with Gasteiger partial charge in [0.25, 0.3) is 0 Å². The molecule has 1 saturated heterocycles. The Balaban J connectivity index is 1.84. The molecule has 1 heterocycles. The van der Waals surface area contributed by atoms with Gasteiger partial charge >= 0.3 is 0 Å². The molecule has 1 unspecified atom stereocenters. The van der Waals surface area contributed by atoms with Crippen LogP contribution in [0.5, 0.6) is 5.75 Å². The van der Waals surface area contributed by atoms with Crippen molar-refractivity contribution in [3.8, 4) is 5.75 Å². The van der Waals surface area contributed by atoms with E-state index in [4.69, 9.17) is 4.74 Å². The number of ether oxygens (including phenoxy) is 1. The lowest BCUT2D eigenvalue weighted by Gasteiger charge is -2.28. The van der Waals surface area contributed by atoms with Crippen molar-refractivity contribution in [1.29, 1.82) is 0 Å². The molecule has 1 atom stereocenters. The predicted octanol–water partition coefficient (Wildman–Crippen LogP) is 3.01. The number of carbonyl (C=O) groups excluding carboxylic acids is 1. The van der Waals surface area contributed by atoms with Crippen molar-refractivity contribution in [2.75, 3.05) is 26.2 Å². The molecule has 0 spiro atoms. The molecule has 0 radical (unpaired) electrons. The van der Waals surface area contributed by atoms with Gasteiger partial charge in [0.1, 0.15) is 5.75 Å². The van der Waals surface area contributed by atoms with E-state index in [0.717, 1.165) is 57.7 Å². The average Bonchev–Trinajstić information content (AvgIpc) is 3.10. The van der Waals surface area contributed by atoms with Gasteiger partial charge in [-0.15, -0.1) is 0 Å². The second-order valence-electron chi connectivity index (χ2n) is 6.23. The van der Waals surface area contributed by atoms with Crippen molar-refractivity contribution in [3.05, 3.63) is 29.8 Å². The molecule has 0 bridgehead atoms. The summed E-state index contributed by atoms with van der Waals surface area (Å²) >= 11 is 0. The number of aryl methyl sites for hydroxylation is 1. The van der Waals surface area contributed by atoms with Crippen LogP contribution in [-0.4, -0.2) is 43.1 Å². The lowest BCUT2D eigenvalue weighted by Crippen LogP contribution is -2.42. The van der Waals surface area contributed by atoms with Gasteiger partial charge in [0.05, 0.1) is 6.61 Å². The highest BCUT2D eigenvalue weighted by atomic mass is 16.5. The minimum atomic E-state index is 0.284. The summed E-state index contributed by atoms with van der Waals surface area (Å²) in [5.41, 5.74) is 1.20.